The van der Waals surface area contributed by atoms with Crippen LogP contribution in [0.3, 0.4) is 0 Å². The summed E-state index contributed by atoms with van der Waals surface area (Å²) in [5.41, 5.74) is 1.87. The van der Waals surface area contributed by atoms with Crippen molar-refractivity contribution in [1.82, 2.24) is 15.1 Å². The molecular formula is C17H18ClN3O3. The number of carbonyl (C=O) groups excluding carboxylic acids is 1. The molecule has 0 aliphatic carbocycles. The Kier molecular flexibility index (Phi) is 5.05. The van der Waals surface area contributed by atoms with Gasteiger partial charge in [-0.05, 0) is 35.8 Å². The van der Waals surface area contributed by atoms with Crippen LogP contribution in [0.5, 0.6) is 11.5 Å². The Balaban J connectivity index is 1.55. The van der Waals surface area contributed by atoms with Crippen molar-refractivity contribution in [2.24, 2.45) is 7.05 Å². The Morgan fingerprint density at radius 3 is 3.04 bits per heavy atom. The molecule has 0 bridgehead atoms. The average molecular weight is 348 g/mol. The fourth-order valence-corrected chi connectivity index (χ4v) is 2.66. The highest BCUT2D eigenvalue weighted by Gasteiger charge is 2.15. The van der Waals surface area contributed by atoms with Crippen LogP contribution < -0.4 is 14.8 Å². The van der Waals surface area contributed by atoms with Gasteiger partial charge in [0.2, 0.25) is 5.91 Å². The molecule has 3 rings (SSSR count). The van der Waals surface area contributed by atoms with Crippen molar-refractivity contribution in [2.75, 3.05) is 19.8 Å². The van der Waals surface area contributed by atoms with Crippen LogP contribution in [-0.2, 0) is 18.3 Å². The molecule has 0 spiro atoms. The van der Waals surface area contributed by atoms with Gasteiger partial charge in [-0.1, -0.05) is 11.6 Å². The molecule has 0 unspecified atom stereocenters. The molecule has 2 heterocycles. The number of benzene rings is 1. The molecule has 6 nitrogen and oxygen atoms in total. The van der Waals surface area contributed by atoms with E-state index in [-0.39, 0.29) is 5.91 Å². The molecule has 1 aromatic heterocycles. The van der Waals surface area contributed by atoms with Gasteiger partial charge in [0.05, 0.1) is 11.2 Å². The highest BCUT2D eigenvalue weighted by atomic mass is 35.5. The van der Waals surface area contributed by atoms with Crippen LogP contribution in [0, 0.1) is 0 Å². The van der Waals surface area contributed by atoms with Gasteiger partial charge in [-0.2, -0.15) is 5.10 Å². The van der Waals surface area contributed by atoms with E-state index in [0.29, 0.717) is 36.3 Å². The van der Waals surface area contributed by atoms with Gasteiger partial charge in [0.25, 0.3) is 0 Å². The third-order valence-electron chi connectivity index (χ3n) is 3.52. The lowest BCUT2D eigenvalue weighted by atomic mass is 10.1. The van der Waals surface area contributed by atoms with Crippen molar-refractivity contribution in [3.8, 4) is 11.5 Å². The summed E-state index contributed by atoms with van der Waals surface area (Å²) in [5, 5.41) is 7.40. The monoisotopic (exact) mass is 347 g/mol. The van der Waals surface area contributed by atoms with Gasteiger partial charge >= 0.3 is 0 Å². The SMILES string of the molecule is Cn1cc(CCNC(=O)C=Cc2cc(Cl)c3c(c2)OCCO3)cn1. The molecule has 0 saturated heterocycles. The van der Waals surface area contributed by atoms with Gasteiger partial charge in [-0.3, -0.25) is 9.48 Å². The molecule has 0 atom stereocenters. The minimum absolute atomic E-state index is 0.162. The molecular weight excluding hydrogens is 330 g/mol. The number of nitrogens with zero attached hydrogens (tertiary/aromatic N) is 2. The third-order valence-corrected chi connectivity index (χ3v) is 3.80. The van der Waals surface area contributed by atoms with E-state index in [9.17, 15) is 4.79 Å². The van der Waals surface area contributed by atoms with E-state index in [1.165, 1.54) is 6.08 Å². The summed E-state index contributed by atoms with van der Waals surface area (Å²) in [6, 6.07) is 3.55. The molecule has 1 amide bonds. The van der Waals surface area contributed by atoms with Crippen LogP contribution in [0.2, 0.25) is 5.02 Å². The molecule has 1 aliphatic heterocycles. The van der Waals surface area contributed by atoms with Gasteiger partial charge in [-0.15, -0.1) is 0 Å². The zero-order valence-corrected chi connectivity index (χ0v) is 14.0. The van der Waals surface area contributed by atoms with Gasteiger partial charge in [0.15, 0.2) is 11.5 Å². The Hall–Kier alpha value is -2.47. The normalized spacial score (nSPS) is 13.2. The summed E-state index contributed by atoms with van der Waals surface area (Å²) in [6.07, 6.45) is 7.64. The Morgan fingerprint density at radius 1 is 1.42 bits per heavy atom. The zero-order valence-electron chi connectivity index (χ0n) is 13.3. The maximum atomic E-state index is 11.9. The maximum absolute atomic E-state index is 11.9. The van der Waals surface area contributed by atoms with E-state index < -0.39 is 0 Å². The third kappa shape index (κ3) is 4.08. The number of ether oxygens (including phenoxy) is 2. The number of fused-ring (bicyclic) bond motifs is 1. The van der Waals surface area contributed by atoms with Crippen LogP contribution in [0.1, 0.15) is 11.1 Å². The standard InChI is InChI=1S/C17H18ClN3O3/c1-21-11-13(10-20-21)4-5-19-16(22)3-2-12-8-14(18)17-15(9-12)23-6-7-24-17/h2-3,8-11H,4-7H2,1H3,(H,19,22). The van der Waals surface area contributed by atoms with Crippen LogP contribution in [-0.4, -0.2) is 35.4 Å². The molecule has 126 valence electrons. The quantitative estimate of drug-likeness (QED) is 0.842. The molecule has 1 aliphatic rings. The molecule has 0 fully saturated rings. The minimum Gasteiger partial charge on any atom is -0.486 e. The second-order valence-electron chi connectivity index (χ2n) is 5.42. The molecule has 1 N–H and O–H groups in total. The smallest absolute Gasteiger partial charge is 0.244 e. The number of nitrogens with one attached hydrogen (secondary N) is 1. The Morgan fingerprint density at radius 2 is 2.25 bits per heavy atom. The van der Waals surface area contributed by atoms with Gasteiger partial charge in [0, 0.05) is 25.9 Å². The highest BCUT2D eigenvalue weighted by molar-refractivity contribution is 6.32. The average Bonchev–Trinajstić information content (AvgIpc) is 2.98. The molecule has 2 aromatic rings. The van der Waals surface area contributed by atoms with Crippen molar-refractivity contribution >= 4 is 23.6 Å². The number of hydrogen-bond acceptors (Lipinski definition) is 4. The zero-order chi connectivity index (χ0) is 16.9. The molecule has 7 heteroatoms. The summed E-state index contributed by atoms with van der Waals surface area (Å²) in [4.78, 5) is 11.9. The molecule has 0 radical (unpaired) electrons. The largest absolute Gasteiger partial charge is 0.486 e. The second kappa shape index (κ2) is 7.40. The molecule has 1 aromatic carbocycles. The number of hydrogen-bond donors (Lipinski definition) is 1. The Bertz CT molecular complexity index is 770. The van der Waals surface area contributed by atoms with E-state index in [0.717, 1.165) is 17.5 Å². The number of aryl methyl sites for hydroxylation is 1. The Labute approximate surface area is 145 Å². The minimum atomic E-state index is -0.162. The van der Waals surface area contributed by atoms with Crippen molar-refractivity contribution < 1.29 is 14.3 Å². The number of carbonyl (C=O) groups is 1. The fraction of sp³-hybridized carbons (Fsp3) is 0.294. The van der Waals surface area contributed by atoms with Gasteiger partial charge < -0.3 is 14.8 Å². The van der Waals surface area contributed by atoms with E-state index >= 15 is 0 Å². The predicted molar refractivity (Wildman–Crippen MR) is 91.4 cm³/mol. The number of amides is 1. The number of aromatic nitrogens is 2. The lowest BCUT2D eigenvalue weighted by Gasteiger charge is -2.19. The van der Waals surface area contributed by atoms with Gasteiger partial charge in [-0.25, -0.2) is 0 Å². The van der Waals surface area contributed by atoms with Crippen LogP contribution in [0.4, 0.5) is 0 Å². The van der Waals surface area contributed by atoms with E-state index in [4.69, 9.17) is 21.1 Å². The first-order chi connectivity index (χ1) is 11.6. The highest BCUT2D eigenvalue weighted by Crippen LogP contribution is 2.38. The summed E-state index contributed by atoms with van der Waals surface area (Å²) >= 11 is 6.17. The number of halogens is 1. The molecule has 0 saturated carbocycles. The second-order valence-corrected chi connectivity index (χ2v) is 5.83. The fourth-order valence-electron chi connectivity index (χ4n) is 2.39. The first-order valence-corrected chi connectivity index (χ1v) is 8.02. The van der Waals surface area contributed by atoms with Crippen LogP contribution in [0.25, 0.3) is 6.08 Å². The summed E-state index contributed by atoms with van der Waals surface area (Å²) in [6.45, 7) is 1.53. The van der Waals surface area contributed by atoms with Crippen molar-refractivity contribution in [2.45, 2.75) is 6.42 Å². The number of rotatable bonds is 5. The van der Waals surface area contributed by atoms with E-state index in [1.807, 2.05) is 13.2 Å². The first-order valence-electron chi connectivity index (χ1n) is 7.64. The summed E-state index contributed by atoms with van der Waals surface area (Å²) in [7, 11) is 1.86. The van der Waals surface area contributed by atoms with Crippen LogP contribution in [0.15, 0.2) is 30.6 Å². The lowest BCUT2D eigenvalue weighted by molar-refractivity contribution is -0.116. The van der Waals surface area contributed by atoms with Crippen LogP contribution >= 0.6 is 11.6 Å². The van der Waals surface area contributed by atoms with Crippen molar-refractivity contribution in [3.63, 3.8) is 0 Å². The lowest BCUT2D eigenvalue weighted by Crippen LogP contribution is -2.23. The maximum Gasteiger partial charge on any atom is 0.244 e. The topological polar surface area (TPSA) is 65.4 Å². The van der Waals surface area contributed by atoms with Crippen molar-refractivity contribution in [1.29, 1.82) is 0 Å². The van der Waals surface area contributed by atoms with Gasteiger partial charge in [0.1, 0.15) is 13.2 Å². The van der Waals surface area contributed by atoms with E-state index in [2.05, 4.69) is 10.4 Å². The first kappa shape index (κ1) is 16.4. The van der Waals surface area contributed by atoms with Crippen molar-refractivity contribution in [3.05, 3.63) is 46.8 Å². The summed E-state index contributed by atoms with van der Waals surface area (Å²) in [5.74, 6) is 0.997. The molecule has 24 heavy (non-hydrogen) atoms. The van der Waals surface area contributed by atoms with E-state index in [1.54, 1.807) is 29.1 Å². The summed E-state index contributed by atoms with van der Waals surface area (Å²) < 4.78 is 12.7. The predicted octanol–water partition coefficient (Wildman–Crippen LogP) is 2.22.